The Hall–Kier alpha value is -0.300. The van der Waals surface area contributed by atoms with Crippen molar-refractivity contribution < 1.29 is 0 Å². The summed E-state index contributed by atoms with van der Waals surface area (Å²) in [7, 11) is 1.81. The van der Waals surface area contributed by atoms with Crippen LogP contribution in [0.2, 0.25) is 0 Å². The Labute approximate surface area is 131 Å². The third-order valence-corrected chi connectivity index (χ3v) is 3.63. The fourth-order valence-corrected chi connectivity index (χ4v) is 2.30. The lowest BCUT2D eigenvalue weighted by Crippen LogP contribution is -2.38. The van der Waals surface area contributed by atoms with Gasteiger partial charge in [0.1, 0.15) is 0 Å². The van der Waals surface area contributed by atoms with E-state index in [4.69, 9.17) is 0 Å². The van der Waals surface area contributed by atoms with Gasteiger partial charge in [-0.1, -0.05) is 20.8 Å². The summed E-state index contributed by atoms with van der Waals surface area (Å²) in [6.45, 7) is 8.36. The summed E-state index contributed by atoms with van der Waals surface area (Å²) < 4.78 is 0. The minimum absolute atomic E-state index is 0. The Morgan fingerprint density at radius 1 is 1.28 bits per heavy atom. The van der Waals surface area contributed by atoms with Crippen LogP contribution in [0.15, 0.2) is 17.1 Å². The molecule has 0 bridgehead atoms. The molecule has 1 aromatic rings. The van der Waals surface area contributed by atoms with E-state index in [0.29, 0.717) is 5.92 Å². The second-order valence-corrected chi connectivity index (χ2v) is 5.67. The van der Waals surface area contributed by atoms with Crippen LogP contribution in [0.5, 0.6) is 0 Å². The van der Waals surface area contributed by atoms with Crippen LogP contribution >= 0.6 is 35.3 Å². The monoisotopic (exact) mass is 381 g/mol. The average Bonchev–Trinajstić information content (AvgIpc) is 2.77. The second kappa shape index (κ2) is 9.61. The molecular weight excluding hydrogens is 357 g/mol. The largest absolute Gasteiger partial charge is 0.356 e. The minimum atomic E-state index is 0. The second-order valence-electron chi connectivity index (χ2n) is 4.42. The molecule has 1 heterocycles. The van der Waals surface area contributed by atoms with Crippen LogP contribution in [0.4, 0.5) is 0 Å². The Bertz CT molecular complexity index is 361. The molecule has 0 aliphatic rings. The number of guanidine groups is 1. The molecule has 18 heavy (non-hydrogen) atoms. The summed E-state index contributed by atoms with van der Waals surface area (Å²) in [5.41, 5.74) is 0. The average molecular weight is 381 g/mol. The lowest BCUT2D eigenvalue weighted by Gasteiger charge is -2.12. The normalized spacial score (nSPS) is 11.3. The van der Waals surface area contributed by atoms with Crippen molar-refractivity contribution in [1.82, 2.24) is 10.6 Å². The highest BCUT2D eigenvalue weighted by Crippen LogP contribution is 2.16. The quantitative estimate of drug-likeness (QED) is 0.467. The summed E-state index contributed by atoms with van der Waals surface area (Å²) >= 11 is 1.86. The molecule has 0 saturated carbocycles. The first-order chi connectivity index (χ1) is 8.15. The molecule has 0 aliphatic carbocycles. The molecule has 0 aromatic carbocycles. The van der Waals surface area contributed by atoms with Crippen LogP contribution in [0.1, 0.15) is 30.5 Å². The molecule has 0 radical (unpaired) electrons. The molecule has 2 N–H and O–H groups in total. The van der Waals surface area contributed by atoms with E-state index in [2.05, 4.69) is 48.5 Å². The van der Waals surface area contributed by atoms with Crippen molar-refractivity contribution in [3.63, 3.8) is 0 Å². The van der Waals surface area contributed by atoms with E-state index in [0.717, 1.165) is 25.5 Å². The van der Waals surface area contributed by atoms with Crippen LogP contribution in [-0.4, -0.2) is 19.6 Å². The molecule has 3 nitrogen and oxygen atoms in total. The van der Waals surface area contributed by atoms with E-state index in [1.54, 1.807) is 0 Å². The summed E-state index contributed by atoms with van der Waals surface area (Å²) in [6, 6.07) is 4.39. The molecular formula is C13H24IN3S. The maximum Gasteiger partial charge on any atom is 0.191 e. The van der Waals surface area contributed by atoms with Gasteiger partial charge in [0.2, 0.25) is 0 Å². The molecule has 5 heteroatoms. The number of halogens is 1. The Morgan fingerprint density at radius 2 is 1.94 bits per heavy atom. The number of nitrogens with zero attached hydrogens (tertiary/aromatic N) is 1. The van der Waals surface area contributed by atoms with Gasteiger partial charge >= 0.3 is 0 Å². The first-order valence-electron chi connectivity index (χ1n) is 6.17. The van der Waals surface area contributed by atoms with Crippen molar-refractivity contribution in [2.24, 2.45) is 10.9 Å². The van der Waals surface area contributed by atoms with E-state index in [9.17, 15) is 0 Å². The van der Waals surface area contributed by atoms with Crippen molar-refractivity contribution >= 4 is 41.3 Å². The van der Waals surface area contributed by atoms with E-state index < -0.39 is 0 Å². The first kappa shape index (κ1) is 17.7. The first-order valence-corrected chi connectivity index (χ1v) is 6.99. The zero-order chi connectivity index (χ0) is 12.7. The molecule has 0 amide bonds. The highest BCUT2D eigenvalue weighted by molar-refractivity contribution is 14.0. The highest BCUT2D eigenvalue weighted by atomic mass is 127. The lowest BCUT2D eigenvalue weighted by atomic mass is 10.2. The number of aryl methyl sites for hydroxylation is 1. The van der Waals surface area contributed by atoms with Gasteiger partial charge in [-0.2, -0.15) is 0 Å². The van der Waals surface area contributed by atoms with E-state index in [1.165, 1.54) is 9.75 Å². The molecule has 1 rings (SSSR count). The van der Waals surface area contributed by atoms with Crippen molar-refractivity contribution in [2.75, 3.05) is 13.6 Å². The van der Waals surface area contributed by atoms with Gasteiger partial charge in [0.05, 0.1) is 6.54 Å². The minimum Gasteiger partial charge on any atom is -0.356 e. The predicted octanol–water partition coefficient (Wildman–Crippen LogP) is 3.25. The molecule has 0 atom stereocenters. The number of nitrogens with one attached hydrogen (secondary N) is 2. The maximum atomic E-state index is 4.20. The van der Waals surface area contributed by atoms with Crippen molar-refractivity contribution in [2.45, 2.75) is 33.7 Å². The van der Waals surface area contributed by atoms with Crippen LogP contribution < -0.4 is 10.6 Å². The number of hydrogen-bond donors (Lipinski definition) is 2. The van der Waals surface area contributed by atoms with Crippen molar-refractivity contribution in [3.8, 4) is 0 Å². The van der Waals surface area contributed by atoms with E-state index >= 15 is 0 Å². The van der Waals surface area contributed by atoms with Gasteiger partial charge in [0.25, 0.3) is 0 Å². The maximum absolute atomic E-state index is 4.20. The fraction of sp³-hybridized carbons (Fsp3) is 0.615. The number of rotatable bonds is 5. The Kier molecular flexibility index (Phi) is 9.45. The third kappa shape index (κ3) is 6.58. The number of hydrogen-bond acceptors (Lipinski definition) is 2. The van der Waals surface area contributed by atoms with Gasteiger partial charge in [0.15, 0.2) is 5.96 Å². The standard InChI is InChI=1S/C13H23N3S.HI/c1-5-11-6-7-12(17-11)9-16-13(14-4)15-8-10(2)3;/h6-7,10H,5,8-9H2,1-4H3,(H2,14,15,16);1H. The molecule has 1 aromatic heterocycles. The molecule has 0 spiro atoms. The van der Waals surface area contributed by atoms with Crippen LogP contribution in [0.3, 0.4) is 0 Å². The van der Waals surface area contributed by atoms with Gasteiger partial charge < -0.3 is 10.6 Å². The van der Waals surface area contributed by atoms with Gasteiger partial charge in [-0.25, -0.2) is 0 Å². The molecule has 0 saturated heterocycles. The SMILES string of the molecule is CCc1ccc(CNC(=NC)NCC(C)C)s1.I. The smallest absolute Gasteiger partial charge is 0.191 e. The van der Waals surface area contributed by atoms with Crippen molar-refractivity contribution in [1.29, 1.82) is 0 Å². The summed E-state index contributed by atoms with van der Waals surface area (Å²) in [6.07, 6.45) is 1.12. The third-order valence-electron chi connectivity index (χ3n) is 2.40. The molecule has 0 unspecified atom stereocenters. The van der Waals surface area contributed by atoms with E-state index in [-0.39, 0.29) is 24.0 Å². The van der Waals surface area contributed by atoms with E-state index in [1.807, 2.05) is 18.4 Å². The summed E-state index contributed by atoms with van der Waals surface area (Å²) in [5.74, 6) is 1.51. The highest BCUT2D eigenvalue weighted by Gasteiger charge is 2.01. The zero-order valence-corrected chi connectivity index (χ0v) is 14.8. The predicted molar refractivity (Wildman–Crippen MR) is 92.2 cm³/mol. The van der Waals surface area contributed by atoms with Crippen molar-refractivity contribution in [3.05, 3.63) is 21.9 Å². The van der Waals surface area contributed by atoms with Gasteiger partial charge in [-0.15, -0.1) is 35.3 Å². The van der Waals surface area contributed by atoms with Gasteiger partial charge in [-0.3, -0.25) is 4.99 Å². The summed E-state index contributed by atoms with van der Waals surface area (Å²) in [5, 5.41) is 6.63. The van der Waals surface area contributed by atoms with Gasteiger partial charge in [0, 0.05) is 23.3 Å². The van der Waals surface area contributed by atoms with Crippen LogP contribution in [0, 0.1) is 5.92 Å². The molecule has 0 aliphatic heterocycles. The van der Waals surface area contributed by atoms with Gasteiger partial charge in [-0.05, 0) is 24.5 Å². The van der Waals surface area contributed by atoms with Crippen LogP contribution in [-0.2, 0) is 13.0 Å². The molecule has 0 fully saturated rings. The molecule has 104 valence electrons. The number of thiophene rings is 1. The topological polar surface area (TPSA) is 36.4 Å². The zero-order valence-electron chi connectivity index (χ0n) is 11.6. The Balaban J connectivity index is 0.00000289. The number of aliphatic imine (C=N–C) groups is 1. The van der Waals surface area contributed by atoms with Crippen LogP contribution in [0.25, 0.3) is 0 Å². The fourth-order valence-electron chi connectivity index (χ4n) is 1.40. The summed E-state index contributed by atoms with van der Waals surface area (Å²) in [4.78, 5) is 6.99. The lowest BCUT2D eigenvalue weighted by molar-refractivity contribution is 0.615. The Morgan fingerprint density at radius 3 is 2.44 bits per heavy atom.